The standard InChI is InChI=1S/C4H11ClN2O/c1-7(2)6-8-4-3-5/h6H,3-4H2,1-2H3. The maximum atomic E-state index is 5.30. The second-order valence-corrected chi connectivity index (χ2v) is 1.90. The number of hydrazine groups is 1. The first-order valence-electron chi connectivity index (χ1n) is 2.38. The molecule has 0 unspecified atom stereocenters. The Morgan fingerprint density at radius 1 is 1.62 bits per heavy atom. The molecule has 8 heavy (non-hydrogen) atoms. The van der Waals surface area contributed by atoms with Gasteiger partial charge in [0.1, 0.15) is 0 Å². The summed E-state index contributed by atoms with van der Waals surface area (Å²) in [5, 5.41) is 1.70. The molecule has 0 aromatic rings. The lowest BCUT2D eigenvalue weighted by Gasteiger charge is -2.09. The highest BCUT2D eigenvalue weighted by atomic mass is 35.5. The molecule has 50 valence electrons. The smallest absolute Gasteiger partial charge is 0.0834 e. The number of halogens is 1. The summed E-state index contributed by atoms with van der Waals surface area (Å²) in [7, 11) is 3.68. The first-order valence-corrected chi connectivity index (χ1v) is 2.91. The second-order valence-electron chi connectivity index (χ2n) is 1.52. The van der Waals surface area contributed by atoms with Crippen molar-refractivity contribution in [3.8, 4) is 0 Å². The van der Waals surface area contributed by atoms with Crippen molar-refractivity contribution in [1.29, 1.82) is 0 Å². The van der Waals surface area contributed by atoms with Crippen LogP contribution in [0.5, 0.6) is 0 Å². The average molecular weight is 139 g/mol. The van der Waals surface area contributed by atoms with Crippen molar-refractivity contribution in [3.05, 3.63) is 0 Å². The van der Waals surface area contributed by atoms with E-state index in [9.17, 15) is 0 Å². The number of alkyl halides is 1. The topological polar surface area (TPSA) is 24.5 Å². The molecule has 0 atom stereocenters. The van der Waals surface area contributed by atoms with E-state index in [1.54, 1.807) is 5.01 Å². The molecule has 4 heteroatoms. The molecule has 0 heterocycles. The van der Waals surface area contributed by atoms with Gasteiger partial charge in [0.15, 0.2) is 0 Å². The van der Waals surface area contributed by atoms with Crippen LogP contribution in [0, 0.1) is 0 Å². The van der Waals surface area contributed by atoms with E-state index in [4.69, 9.17) is 16.4 Å². The molecule has 0 aliphatic rings. The zero-order chi connectivity index (χ0) is 6.41. The third-order valence-corrected chi connectivity index (χ3v) is 0.581. The molecule has 0 aliphatic carbocycles. The first kappa shape index (κ1) is 8.17. The van der Waals surface area contributed by atoms with E-state index in [1.807, 2.05) is 14.1 Å². The molecule has 0 radical (unpaired) electrons. The van der Waals surface area contributed by atoms with Gasteiger partial charge in [0, 0.05) is 20.0 Å². The van der Waals surface area contributed by atoms with Crippen LogP contribution in [-0.4, -0.2) is 31.6 Å². The van der Waals surface area contributed by atoms with Gasteiger partial charge in [0.05, 0.1) is 6.61 Å². The number of hydrogen-bond donors (Lipinski definition) is 1. The summed E-state index contributed by atoms with van der Waals surface area (Å²) in [5.74, 6) is 0.515. The van der Waals surface area contributed by atoms with Crippen LogP contribution in [0.3, 0.4) is 0 Å². The molecule has 0 amide bonds. The predicted molar refractivity (Wildman–Crippen MR) is 33.5 cm³/mol. The molecule has 0 fully saturated rings. The highest BCUT2D eigenvalue weighted by Gasteiger charge is 1.84. The van der Waals surface area contributed by atoms with E-state index in [0.717, 1.165) is 0 Å². The SMILES string of the molecule is CN(C)NOCCCl. The molecule has 0 aliphatic heterocycles. The molecule has 0 aromatic heterocycles. The lowest BCUT2D eigenvalue weighted by molar-refractivity contribution is -0.0521. The maximum absolute atomic E-state index is 5.30. The maximum Gasteiger partial charge on any atom is 0.0834 e. The van der Waals surface area contributed by atoms with Crippen LogP contribution in [0.1, 0.15) is 0 Å². The van der Waals surface area contributed by atoms with Crippen LogP contribution in [0.4, 0.5) is 0 Å². The Morgan fingerprint density at radius 2 is 2.25 bits per heavy atom. The zero-order valence-corrected chi connectivity index (χ0v) is 5.90. The predicted octanol–water partition coefficient (Wildman–Crippen LogP) is 0.223. The molecule has 0 saturated carbocycles. The fourth-order valence-corrected chi connectivity index (χ4v) is 0.290. The van der Waals surface area contributed by atoms with Crippen LogP contribution in [0.15, 0.2) is 0 Å². The molecule has 0 rings (SSSR count). The summed E-state index contributed by atoms with van der Waals surface area (Å²) in [4.78, 5) is 4.79. The second kappa shape index (κ2) is 5.31. The number of rotatable bonds is 4. The van der Waals surface area contributed by atoms with Gasteiger partial charge in [0.25, 0.3) is 0 Å². The van der Waals surface area contributed by atoms with Crippen molar-refractivity contribution in [1.82, 2.24) is 10.6 Å². The molecule has 1 N–H and O–H groups in total. The van der Waals surface area contributed by atoms with Gasteiger partial charge in [-0.25, -0.2) is 5.01 Å². The van der Waals surface area contributed by atoms with Gasteiger partial charge in [-0.3, -0.25) is 4.84 Å². The number of nitrogens with one attached hydrogen (secondary N) is 1. The van der Waals surface area contributed by atoms with Gasteiger partial charge in [-0.1, -0.05) is 0 Å². The van der Waals surface area contributed by atoms with Gasteiger partial charge >= 0.3 is 0 Å². The largest absolute Gasteiger partial charge is 0.286 e. The molecule has 0 saturated heterocycles. The minimum atomic E-state index is 0.515. The number of hydrogen-bond acceptors (Lipinski definition) is 3. The summed E-state index contributed by atoms with van der Waals surface area (Å²) in [6.07, 6.45) is 0. The highest BCUT2D eigenvalue weighted by molar-refractivity contribution is 6.17. The van der Waals surface area contributed by atoms with Crippen molar-refractivity contribution in [3.63, 3.8) is 0 Å². The fraction of sp³-hybridized carbons (Fsp3) is 1.00. The van der Waals surface area contributed by atoms with Gasteiger partial charge < -0.3 is 0 Å². The third kappa shape index (κ3) is 6.17. The first-order chi connectivity index (χ1) is 3.77. The number of nitrogens with zero attached hydrogens (tertiary/aromatic N) is 1. The van der Waals surface area contributed by atoms with Crippen LogP contribution in [0.2, 0.25) is 0 Å². The van der Waals surface area contributed by atoms with Gasteiger partial charge in [-0.2, -0.15) is 0 Å². The molecular weight excluding hydrogens is 128 g/mol. The van der Waals surface area contributed by atoms with Crippen LogP contribution in [0.25, 0.3) is 0 Å². The Kier molecular flexibility index (Phi) is 5.42. The van der Waals surface area contributed by atoms with Crippen LogP contribution in [-0.2, 0) is 4.84 Å². The fourth-order valence-electron chi connectivity index (χ4n) is 0.213. The van der Waals surface area contributed by atoms with Gasteiger partial charge in [0.2, 0.25) is 0 Å². The van der Waals surface area contributed by atoms with Crippen molar-refractivity contribution in [2.24, 2.45) is 0 Å². The van der Waals surface area contributed by atoms with Crippen molar-refractivity contribution in [2.75, 3.05) is 26.6 Å². The highest BCUT2D eigenvalue weighted by Crippen LogP contribution is 1.73. The quantitative estimate of drug-likeness (QED) is 0.342. The van der Waals surface area contributed by atoms with E-state index in [1.165, 1.54) is 0 Å². The lowest BCUT2D eigenvalue weighted by atomic mass is 10.9. The molecular formula is C4H11ClN2O. The van der Waals surface area contributed by atoms with Gasteiger partial charge in [-0.05, 0) is 0 Å². The Labute approximate surface area is 54.5 Å². The van der Waals surface area contributed by atoms with Crippen molar-refractivity contribution in [2.45, 2.75) is 0 Å². The molecule has 0 bridgehead atoms. The normalized spacial score (nSPS) is 10.5. The minimum absolute atomic E-state index is 0.515. The molecule has 3 nitrogen and oxygen atoms in total. The Bertz CT molecular complexity index is 51.3. The van der Waals surface area contributed by atoms with E-state index >= 15 is 0 Å². The zero-order valence-electron chi connectivity index (χ0n) is 5.15. The Hall–Kier alpha value is 0.170. The Morgan fingerprint density at radius 3 is 2.62 bits per heavy atom. The minimum Gasteiger partial charge on any atom is -0.286 e. The Balaban J connectivity index is 2.72. The van der Waals surface area contributed by atoms with E-state index < -0.39 is 0 Å². The third-order valence-electron chi connectivity index (χ3n) is 0.426. The van der Waals surface area contributed by atoms with Crippen molar-refractivity contribution < 1.29 is 4.84 Å². The summed E-state index contributed by atoms with van der Waals surface area (Å²) in [6.45, 7) is 0.528. The summed E-state index contributed by atoms with van der Waals surface area (Å²) >= 11 is 5.30. The van der Waals surface area contributed by atoms with E-state index in [0.29, 0.717) is 12.5 Å². The average Bonchev–Trinajstić information content (AvgIpc) is 1.66. The van der Waals surface area contributed by atoms with E-state index in [2.05, 4.69) is 5.59 Å². The summed E-state index contributed by atoms with van der Waals surface area (Å²) in [6, 6.07) is 0. The molecule has 0 spiro atoms. The monoisotopic (exact) mass is 138 g/mol. The summed E-state index contributed by atoms with van der Waals surface area (Å²) < 4.78 is 0. The van der Waals surface area contributed by atoms with Crippen molar-refractivity contribution >= 4 is 11.6 Å². The van der Waals surface area contributed by atoms with Crippen LogP contribution >= 0.6 is 11.6 Å². The molecule has 0 aromatic carbocycles. The lowest BCUT2D eigenvalue weighted by Crippen LogP contribution is -2.30. The summed E-state index contributed by atoms with van der Waals surface area (Å²) in [5.41, 5.74) is 2.60. The van der Waals surface area contributed by atoms with Gasteiger partial charge in [-0.15, -0.1) is 17.2 Å². The van der Waals surface area contributed by atoms with E-state index in [-0.39, 0.29) is 0 Å². The van der Waals surface area contributed by atoms with Crippen LogP contribution < -0.4 is 5.59 Å².